The van der Waals surface area contributed by atoms with Crippen molar-refractivity contribution in [2.24, 2.45) is 0 Å². The first-order valence-electron chi connectivity index (χ1n) is 8.40. The van der Waals surface area contributed by atoms with Gasteiger partial charge in [-0.2, -0.15) is 8.42 Å². The highest BCUT2D eigenvalue weighted by molar-refractivity contribution is 7.85. The zero-order valence-electron chi connectivity index (χ0n) is 15.6. The van der Waals surface area contributed by atoms with Gasteiger partial charge in [0.1, 0.15) is 11.4 Å². The summed E-state index contributed by atoms with van der Waals surface area (Å²) in [7, 11) is -4.64. The molecule has 1 aliphatic rings. The Morgan fingerprint density at radius 2 is 1.81 bits per heavy atom. The van der Waals surface area contributed by atoms with Crippen molar-refractivity contribution in [2.45, 2.75) is 39.0 Å². The molecule has 0 radical (unpaired) electrons. The smallest absolute Gasteiger partial charge is 0.410 e. The van der Waals surface area contributed by atoms with E-state index in [9.17, 15) is 17.1 Å². The number of benzene rings is 1. The molecular formula is C17H26FN3O4S. The molecule has 0 aliphatic carbocycles. The second-order valence-electron chi connectivity index (χ2n) is 7.46. The lowest BCUT2D eigenvalue weighted by molar-refractivity contribution is 0.0240. The normalized spacial score (nSPS) is 15.9. The number of piperazine rings is 1. The molecule has 1 aromatic rings. The molecule has 26 heavy (non-hydrogen) atoms. The highest BCUT2D eigenvalue weighted by Crippen LogP contribution is 2.28. The Labute approximate surface area is 154 Å². The molecule has 146 valence electrons. The van der Waals surface area contributed by atoms with E-state index in [1.54, 1.807) is 24.0 Å². The van der Waals surface area contributed by atoms with E-state index in [0.717, 1.165) is 5.69 Å². The van der Waals surface area contributed by atoms with Gasteiger partial charge in [0.15, 0.2) is 0 Å². The van der Waals surface area contributed by atoms with Crippen molar-refractivity contribution in [1.82, 2.24) is 4.90 Å². The summed E-state index contributed by atoms with van der Waals surface area (Å²) in [5.74, 6) is -0.700. The molecule has 1 aliphatic heterocycles. The van der Waals surface area contributed by atoms with Crippen molar-refractivity contribution >= 4 is 27.7 Å². The molecule has 1 aromatic carbocycles. The molecule has 0 atom stereocenters. The van der Waals surface area contributed by atoms with Crippen LogP contribution in [-0.4, -0.2) is 51.2 Å². The molecule has 2 rings (SSSR count). The Morgan fingerprint density at radius 3 is 2.31 bits per heavy atom. The molecule has 0 bridgehead atoms. The van der Waals surface area contributed by atoms with Crippen LogP contribution in [0.5, 0.6) is 0 Å². The molecular weight excluding hydrogens is 361 g/mol. The fourth-order valence-electron chi connectivity index (χ4n) is 2.77. The first kappa shape index (κ1) is 20.3. The number of carbonyl (C=O) groups excluding carboxylic acids is 1. The second-order valence-corrected chi connectivity index (χ2v) is 8.82. The van der Waals surface area contributed by atoms with Crippen molar-refractivity contribution in [3.8, 4) is 0 Å². The van der Waals surface area contributed by atoms with E-state index >= 15 is 0 Å². The van der Waals surface area contributed by atoms with Gasteiger partial charge in [-0.15, -0.1) is 3.89 Å². The van der Waals surface area contributed by atoms with Crippen molar-refractivity contribution in [3.05, 3.63) is 23.3 Å². The number of rotatable bonds is 3. The molecule has 1 saturated heterocycles. The van der Waals surface area contributed by atoms with Gasteiger partial charge >= 0.3 is 16.3 Å². The average molecular weight is 387 g/mol. The summed E-state index contributed by atoms with van der Waals surface area (Å²) in [6, 6.07) is 3.39. The number of nitrogen functional groups attached to an aromatic ring is 1. The quantitative estimate of drug-likeness (QED) is 0.632. The Morgan fingerprint density at radius 1 is 1.23 bits per heavy atom. The number of anilines is 2. The third-order valence-electron chi connectivity index (χ3n) is 4.16. The number of hydrogen-bond acceptors (Lipinski definition) is 6. The topological polar surface area (TPSA) is 92.9 Å². The number of nitrogens with two attached hydrogens (primary N) is 1. The highest BCUT2D eigenvalue weighted by atomic mass is 32.3. The Hall–Kier alpha value is -2.03. The van der Waals surface area contributed by atoms with E-state index in [1.165, 1.54) is 0 Å². The van der Waals surface area contributed by atoms with Crippen LogP contribution in [0.2, 0.25) is 0 Å². The third-order valence-corrected chi connectivity index (χ3v) is 4.82. The summed E-state index contributed by atoms with van der Waals surface area (Å²) in [6.45, 7) is 9.15. The van der Waals surface area contributed by atoms with Crippen LogP contribution in [0.3, 0.4) is 0 Å². The minimum absolute atomic E-state index is 0.345. The first-order chi connectivity index (χ1) is 11.9. The van der Waals surface area contributed by atoms with Crippen LogP contribution in [0.4, 0.5) is 20.1 Å². The molecule has 1 fully saturated rings. The van der Waals surface area contributed by atoms with Gasteiger partial charge in [0.25, 0.3) is 0 Å². The van der Waals surface area contributed by atoms with Crippen molar-refractivity contribution in [1.29, 1.82) is 0 Å². The highest BCUT2D eigenvalue weighted by Gasteiger charge is 2.26. The summed E-state index contributed by atoms with van der Waals surface area (Å²) in [5.41, 5.74) is 7.45. The van der Waals surface area contributed by atoms with Gasteiger partial charge in [0.05, 0.1) is 0 Å². The summed E-state index contributed by atoms with van der Waals surface area (Å²) < 4.78 is 40.5. The number of carbonyl (C=O) groups is 1. The molecule has 1 heterocycles. The number of amides is 1. The number of halogens is 1. The van der Waals surface area contributed by atoms with Crippen LogP contribution in [-0.2, 0) is 20.7 Å². The fourth-order valence-corrected chi connectivity index (χ4v) is 3.44. The van der Waals surface area contributed by atoms with Gasteiger partial charge in [-0.1, -0.05) is 0 Å². The maximum absolute atomic E-state index is 13.1. The predicted molar refractivity (Wildman–Crippen MR) is 99.3 cm³/mol. The van der Waals surface area contributed by atoms with Crippen LogP contribution in [0, 0.1) is 6.92 Å². The molecule has 2 N–H and O–H groups in total. The van der Waals surface area contributed by atoms with E-state index in [-0.39, 0.29) is 6.09 Å². The predicted octanol–water partition coefficient (Wildman–Crippen LogP) is 2.43. The standard InChI is InChI=1S/C17H26FN3O4S/c1-12-13(11-26(18,23)24)9-14(10-15(12)19)20-5-7-21(8-6-20)16(22)25-17(2,3)4/h9-10H,5-8,11,19H2,1-4H3. The number of hydrogen-bond donors (Lipinski definition) is 1. The Kier molecular flexibility index (Phi) is 5.70. The zero-order valence-corrected chi connectivity index (χ0v) is 16.4. The van der Waals surface area contributed by atoms with Crippen molar-refractivity contribution < 1.29 is 21.8 Å². The summed E-state index contributed by atoms with van der Waals surface area (Å²) in [5, 5.41) is 0. The lowest BCUT2D eigenvalue weighted by atomic mass is 10.1. The van der Waals surface area contributed by atoms with E-state index in [2.05, 4.69) is 0 Å². The molecule has 0 unspecified atom stereocenters. The van der Waals surface area contributed by atoms with Crippen LogP contribution in [0.25, 0.3) is 0 Å². The van der Waals surface area contributed by atoms with Gasteiger partial charge in [-0.3, -0.25) is 0 Å². The van der Waals surface area contributed by atoms with Gasteiger partial charge in [-0.25, -0.2) is 4.79 Å². The van der Waals surface area contributed by atoms with Crippen molar-refractivity contribution in [3.63, 3.8) is 0 Å². The van der Waals surface area contributed by atoms with Gasteiger partial charge in [0.2, 0.25) is 0 Å². The summed E-state index contributed by atoms with van der Waals surface area (Å²) in [4.78, 5) is 15.7. The van der Waals surface area contributed by atoms with E-state index in [1.807, 2.05) is 25.7 Å². The third kappa shape index (κ3) is 5.48. The Bertz CT molecular complexity index is 782. The minimum atomic E-state index is -4.64. The van der Waals surface area contributed by atoms with Crippen LogP contribution in [0.1, 0.15) is 31.9 Å². The Balaban J connectivity index is 2.11. The fraction of sp³-hybridized carbons (Fsp3) is 0.588. The molecule has 0 saturated carbocycles. The van der Waals surface area contributed by atoms with Crippen LogP contribution < -0.4 is 10.6 Å². The monoisotopic (exact) mass is 387 g/mol. The lowest BCUT2D eigenvalue weighted by Gasteiger charge is -2.37. The molecule has 0 aromatic heterocycles. The maximum atomic E-state index is 13.1. The van der Waals surface area contributed by atoms with E-state index < -0.39 is 21.6 Å². The SMILES string of the molecule is Cc1c(N)cc(N2CCN(C(=O)OC(C)(C)C)CC2)cc1CS(=O)(=O)F. The van der Waals surface area contributed by atoms with Gasteiger partial charge < -0.3 is 20.3 Å². The molecule has 9 heteroatoms. The van der Waals surface area contributed by atoms with Gasteiger partial charge in [-0.05, 0) is 51.0 Å². The van der Waals surface area contributed by atoms with Gasteiger partial charge in [0, 0.05) is 37.6 Å². The maximum Gasteiger partial charge on any atom is 0.410 e. The largest absolute Gasteiger partial charge is 0.444 e. The average Bonchev–Trinajstić information content (AvgIpc) is 2.49. The second kappa shape index (κ2) is 7.30. The molecule has 0 spiro atoms. The zero-order chi connectivity index (χ0) is 19.7. The lowest BCUT2D eigenvalue weighted by Crippen LogP contribution is -2.50. The van der Waals surface area contributed by atoms with Crippen LogP contribution >= 0.6 is 0 Å². The van der Waals surface area contributed by atoms with Crippen molar-refractivity contribution in [2.75, 3.05) is 36.8 Å². The van der Waals surface area contributed by atoms with Crippen LogP contribution in [0.15, 0.2) is 12.1 Å². The number of ether oxygens (including phenoxy) is 1. The molecule has 1 amide bonds. The molecule has 7 nitrogen and oxygen atoms in total. The first-order valence-corrected chi connectivity index (χ1v) is 9.95. The van der Waals surface area contributed by atoms with E-state index in [4.69, 9.17) is 10.5 Å². The summed E-state index contributed by atoms with van der Waals surface area (Å²) >= 11 is 0. The minimum Gasteiger partial charge on any atom is -0.444 e. The van der Waals surface area contributed by atoms with E-state index in [0.29, 0.717) is 43.0 Å². The summed E-state index contributed by atoms with van der Waals surface area (Å²) in [6.07, 6.45) is -0.357. The number of nitrogens with zero attached hydrogens (tertiary/aromatic N) is 2.